The van der Waals surface area contributed by atoms with Crippen LogP contribution >= 0.6 is 0 Å². The zero-order valence-corrected chi connectivity index (χ0v) is 8.34. The van der Waals surface area contributed by atoms with Crippen molar-refractivity contribution in [1.29, 1.82) is 0 Å². The maximum Gasteiger partial charge on any atom is 0.210 e. The first-order valence-electron chi connectivity index (χ1n) is 4.14. The summed E-state index contributed by atoms with van der Waals surface area (Å²) in [6.07, 6.45) is 1.34. The molecule has 1 aliphatic heterocycles. The number of allylic oxidation sites excluding steroid dienone is 2. The van der Waals surface area contributed by atoms with Crippen molar-refractivity contribution in [2.45, 2.75) is 11.8 Å². The van der Waals surface area contributed by atoms with Crippen LogP contribution in [0, 0.1) is 0 Å². The highest BCUT2D eigenvalue weighted by atomic mass is 32.2. The van der Waals surface area contributed by atoms with Crippen LogP contribution in [0.4, 0.5) is 0 Å². The van der Waals surface area contributed by atoms with Crippen molar-refractivity contribution >= 4 is 15.6 Å². The molecule has 0 unspecified atom stereocenters. The van der Waals surface area contributed by atoms with Gasteiger partial charge in [0.05, 0.1) is 4.90 Å². The van der Waals surface area contributed by atoms with Crippen LogP contribution in [0.1, 0.15) is 17.3 Å². The molecular formula is C10H8O3S. The molecule has 2 rings (SSSR count). The fourth-order valence-electron chi connectivity index (χ4n) is 1.55. The first kappa shape index (κ1) is 9.15. The number of sulfone groups is 1. The maximum atomic E-state index is 11.7. The Morgan fingerprint density at radius 3 is 2.43 bits per heavy atom. The fraction of sp³-hybridized carbons (Fsp3) is 0.100. The Balaban J connectivity index is 2.88. The second-order valence-electron chi connectivity index (χ2n) is 2.98. The van der Waals surface area contributed by atoms with Crippen LogP contribution < -0.4 is 0 Å². The summed E-state index contributed by atoms with van der Waals surface area (Å²) in [6.45, 7) is 1.55. The van der Waals surface area contributed by atoms with Crippen LogP contribution in [0.5, 0.6) is 0 Å². The standard InChI is InChI=1S/C10H8O3S/c1-2-8-10(11)7-5-3-4-6-9(7)14(8,12)13/h2-6H,1H3/b8-2+. The van der Waals surface area contributed by atoms with Gasteiger partial charge < -0.3 is 0 Å². The van der Waals surface area contributed by atoms with Gasteiger partial charge >= 0.3 is 0 Å². The Kier molecular flexibility index (Phi) is 1.82. The number of carbonyl (C=O) groups is 1. The van der Waals surface area contributed by atoms with Crippen molar-refractivity contribution in [3.8, 4) is 0 Å². The van der Waals surface area contributed by atoms with Crippen LogP contribution in [0.2, 0.25) is 0 Å². The van der Waals surface area contributed by atoms with E-state index in [0.29, 0.717) is 0 Å². The minimum absolute atomic E-state index is 0.112. The van der Waals surface area contributed by atoms with E-state index in [1.165, 1.54) is 18.2 Å². The fourth-order valence-corrected chi connectivity index (χ4v) is 3.16. The first-order valence-corrected chi connectivity index (χ1v) is 5.62. The molecule has 0 saturated carbocycles. The summed E-state index contributed by atoms with van der Waals surface area (Å²) in [6, 6.07) is 6.26. The van der Waals surface area contributed by atoms with Gasteiger partial charge in [-0.2, -0.15) is 0 Å². The van der Waals surface area contributed by atoms with Gasteiger partial charge in [-0.1, -0.05) is 18.2 Å². The topological polar surface area (TPSA) is 51.2 Å². The van der Waals surface area contributed by atoms with Gasteiger partial charge in [0.15, 0.2) is 0 Å². The Labute approximate surface area is 82.0 Å². The molecule has 0 spiro atoms. The molecule has 0 N–H and O–H groups in total. The number of fused-ring (bicyclic) bond motifs is 1. The molecule has 4 heteroatoms. The molecule has 1 aromatic rings. The number of hydrogen-bond acceptors (Lipinski definition) is 3. The van der Waals surface area contributed by atoms with E-state index < -0.39 is 15.6 Å². The number of carbonyl (C=O) groups excluding carboxylic acids is 1. The summed E-state index contributed by atoms with van der Waals surface area (Å²) < 4.78 is 23.5. The van der Waals surface area contributed by atoms with Crippen molar-refractivity contribution in [3.63, 3.8) is 0 Å². The maximum absolute atomic E-state index is 11.7. The van der Waals surface area contributed by atoms with E-state index in [0.717, 1.165) is 0 Å². The highest BCUT2D eigenvalue weighted by Crippen LogP contribution is 2.33. The van der Waals surface area contributed by atoms with Crippen molar-refractivity contribution < 1.29 is 13.2 Å². The number of rotatable bonds is 0. The minimum atomic E-state index is -3.53. The predicted octanol–water partition coefficient (Wildman–Crippen LogP) is 1.56. The van der Waals surface area contributed by atoms with Gasteiger partial charge in [0.1, 0.15) is 4.91 Å². The second kappa shape index (κ2) is 2.78. The van der Waals surface area contributed by atoms with E-state index in [2.05, 4.69) is 0 Å². The molecule has 0 radical (unpaired) electrons. The summed E-state index contributed by atoms with van der Waals surface area (Å²) in [5.41, 5.74) is 0.278. The lowest BCUT2D eigenvalue weighted by Crippen LogP contribution is -2.01. The normalized spacial score (nSPS) is 21.2. The Morgan fingerprint density at radius 2 is 1.86 bits per heavy atom. The van der Waals surface area contributed by atoms with Crippen LogP contribution in [0.15, 0.2) is 40.1 Å². The molecular weight excluding hydrogens is 200 g/mol. The smallest absolute Gasteiger partial charge is 0.210 e. The molecule has 0 aromatic heterocycles. The van der Waals surface area contributed by atoms with E-state index in [1.54, 1.807) is 19.1 Å². The lowest BCUT2D eigenvalue weighted by atomic mass is 10.1. The molecule has 1 aliphatic rings. The number of benzene rings is 1. The monoisotopic (exact) mass is 208 g/mol. The number of ketones is 1. The van der Waals surface area contributed by atoms with Crippen LogP contribution in [-0.4, -0.2) is 14.2 Å². The highest BCUT2D eigenvalue weighted by molar-refractivity contribution is 7.97. The Hall–Kier alpha value is -1.42. The average Bonchev–Trinajstić information content (AvgIpc) is 2.36. The summed E-state index contributed by atoms with van der Waals surface area (Å²) in [5.74, 6) is -0.400. The van der Waals surface area contributed by atoms with Crippen LogP contribution in [0.3, 0.4) is 0 Å². The van der Waals surface area contributed by atoms with Crippen molar-refractivity contribution in [2.75, 3.05) is 0 Å². The van der Waals surface area contributed by atoms with Crippen molar-refractivity contribution in [3.05, 3.63) is 40.8 Å². The van der Waals surface area contributed by atoms with Gasteiger partial charge in [-0.3, -0.25) is 4.79 Å². The van der Waals surface area contributed by atoms with Crippen LogP contribution in [0.25, 0.3) is 0 Å². The SMILES string of the molecule is C/C=C1\C(=O)c2ccccc2S1(=O)=O. The molecule has 0 atom stereocenters. The highest BCUT2D eigenvalue weighted by Gasteiger charge is 2.37. The van der Waals surface area contributed by atoms with Gasteiger partial charge in [0, 0.05) is 5.56 Å². The van der Waals surface area contributed by atoms with E-state index in [1.807, 2.05) is 0 Å². The largest absolute Gasteiger partial charge is 0.288 e. The minimum Gasteiger partial charge on any atom is -0.288 e. The summed E-state index contributed by atoms with van der Waals surface area (Å²) in [5, 5.41) is 0. The zero-order valence-electron chi connectivity index (χ0n) is 7.52. The average molecular weight is 208 g/mol. The molecule has 14 heavy (non-hydrogen) atoms. The molecule has 0 amide bonds. The van der Waals surface area contributed by atoms with Gasteiger partial charge in [0.25, 0.3) is 0 Å². The molecule has 0 bridgehead atoms. The number of Topliss-reactive ketones (excluding diaryl/α,β-unsaturated/α-hetero) is 1. The molecule has 1 aromatic carbocycles. The summed E-state index contributed by atoms with van der Waals surface area (Å²) >= 11 is 0. The van der Waals surface area contributed by atoms with Crippen LogP contribution in [-0.2, 0) is 9.84 Å². The van der Waals surface area contributed by atoms with Gasteiger partial charge in [-0.25, -0.2) is 8.42 Å². The summed E-state index contributed by atoms with van der Waals surface area (Å²) in [7, 11) is -3.53. The van der Waals surface area contributed by atoms with Gasteiger partial charge in [0.2, 0.25) is 15.6 Å². The lowest BCUT2D eigenvalue weighted by molar-refractivity contribution is 0.104. The molecule has 0 fully saturated rings. The Morgan fingerprint density at radius 1 is 1.21 bits per heavy atom. The molecule has 0 aliphatic carbocycles. The van der Waals surface area contributed by atoms with E-state index >= 15 is 0 Å². The predicted molar refractivity (Wildman–Crippen MR) is 51.7 cm³/mol. The van der Waals surface area contributed by atoms with Gasteiger partial charge in [-0.05, 0) is 19.1 Å². The van der Waals surface area contributed by atoms with E-state index in [4.69, 9.17) is 0 Å². The first-order chi connectivity index (χ1) is 6.59. The molecule has 0 saturated heterocycles. The van der Waals surface area contributed by atoms with Crippen molar-refractivity contribution in [1.82, 2.24) is 0 Å². The second-order valence-corrected chi connectivity index (χ2v) is 4.87. The third kappa shape index (κ3) is 0.974. The Bertz CT molecular complexity index is 538. The third-order valence-electron chi connectivity index (χ3n) is 2.20. The molecule has 3 nitrogen and oxygen atoms in total. The molecule has 72 valence electrons. The zero-order chi connectivity index (χ0) is 10.3. The van der Waals surface area contributed by atoms with Gasteiger partial charge in [-0.15, -0.1) is 0 Å². The quantitative estimate of drug-likeness (QED) is 0.608. The number of hydrogen-bond donors (Lipinski definition) is 0. The summed E-state index contributed by atoms with van der Waals surface area (Å²) in [4.78, 5) is 11.6. The lowest BCUT2D eigenvalue weighted by Gasteiger charge is -1.93. The van der Waals surface area contributed by atoms with Crippen molar-refractivity contribution in [2.24, 2.45) is 0 Å². The third-order valence-corrected chi connectivity index (χ3v) is 4.13. The van der Waals surface area contributed by atoms with E-state index in [-0.39, 0.29) is 15.4 Å². The van der Waals surface area contributed by atoms with E-state index in [9.17, 15) is 13.2 Å². The molecule has 1 heterocycles.